The zero-order valence-corrected chi connectivity index (χ0v) is 20.9. The van der Waals surface area contributed by atoms with Crippen molar-refractivity contribution >= 4 is 5.97 Å². The van der Waals surface area contributed by atoms with Crippen LogP contribution in [0.5, 0.6) is 5.75 Å². The fourth-order valence-electron chi connectivity index (χ4n) is 4.87. The highest BCUT2D eigenvalue weighted by Crippen LogP contribution is 2.34. The van der Waals surface area contributed by atoms with Crippen molar-refractivity contribution in [1.82, 2.24) is 0 Å². The first-order valence-electron chi connectivity index (χ1n) is 13.6. The van der Waals surface area contributed by atoms with Gasteiger partial charge in [-0.2, -0.15) is 0 Å². The molecular weight excluding hydrogens is 396 g/mol. The fraction of sp³-hybridized carbons (Fsp3) is 0.759. The second kappa shape index (κ2) is 17.0. The van der Waals surface area contributed by atoms with Gasteiger partial charge in [0.15, 0.2) is 0 Å². The summed E-state index contributed by atoms with van der Waals surface area (Å²) in [6.45, 7) is 5.74. The number of carbonyl (C=O) groups excluding carboxylic acids is 1. The number of esters is 1. The lowest BCUT2D eigenvalue weighted by Crippen LogP contribution is -2.15. The SMILES string of the molecule is CCCCCCC[C@H]1CC[C@H](CCCOc2ccc(C(=O)OCCCCCC)cc2)CC1. The van der Waals surface area contributed by atoms with Crippen LogP contribution in [0, 0.1) is 11.8 Å². The van der Waals surface area contributed by atoms with E-state index in [0.29, 0.717) is 12.2 Å². The van der Waals surface area contributed by atoms with Gasteiger partial charge in [-0.1, -0.05) is 97.3 Å². The van der Waals surface area contributed by atoms with Crippen LogP contribution in [0.1, 0.15) is 127 Å². The molecule has 0 N–H and O–H groups in total. The van der Waals surface area contributed by atoms with Crippen molar-refractivity contribution in [3.05, 3.63) is 29.8 Å². The summed E-state index contributed by atoms with van der Waals surface area (Å²) >= 11 is 0. The molecule has 1 aliphatic rings. The summed E-state index contributed by atoms with van der Waals surface area (Å²) in [6.07, 6.45) is 21.1. The maximum atomic E-state index is 12.1. The first kappa shape index (κ1) is 26.7. The van der Waals surface area contributed by atoms with Gasteiger partial charge in [-0.05, 0) is 55.4 Å². The number of carbonyl (C=O) groups is 1. The van der Waals surface area contributed by atoms with Gasteiger partial charge in [-0.3, -0.25) is 0 Å². The van der Waals surface area contributed by atoms with E-state index >= 15 is 0 Å². The van der Waals surface area contributed by atoms with Crippen LogP contribution in [0.15, 0.2) is 24.3 Å². The third-order valence-electron chi connectivity index (χ3n) is 7.03. The molecule has 0 spiro atoms. The predicted octanol–water partition coefficient (Wildman–Crippen LogP) is 8.75. The highest BCUT2D eigenvalue weighted by atomic mass is 16.5. The lowest BCUT2D eigenvalue weighted by Gasteiger charge is -2.28. The van der Waals surface area contributed by atoms with Gasteiger partial charge in [0.1, 0.15) is 5.75 Å². The smallest absolute Gasteiger partial charge is 0.338 e. The Morgan fingerprint density at radius 3 is 1.91 bits per heavy atom. The van der Waals surface area contributed by atoms with E-state index in [1.165, 1.54) is 83.5 Å². The van der Waals surface area contributed by atoms with Crippen molar-refractivity contribution in [3.8, 4) is 5.75 Å². The Bertz CT molecular complexity index is 587. The number of unbranched alkanes of at least 4 members (excludes halogenated alkanes) is 7. The molecule has 2 rings (SSSR count). The average Bonchev–Trinajstić information content (AvgIpc) is 2.82. The highest BCUT2D eigenvalue weighted by Gasteiger charge is 2.20. The van der Waals surface area contributed by atoms with Crippen LogP contribution in [0.25, 0.3) is 0 Å². The zero-order chi connectivity index (χ0) is 22.9. The van der Waals surface area contributed by atoms with E-state index in [1.807, 2.05) is 24.3 Å². The molecule has 1 fully saturated rings. The third-order valence-corrected chi connectivity index (χ3v) is 7.03. The monoisotopic (exact) mass is 444 g/mol. The van der Waals surface area contributed by atoms with Crippen molar-refractivity contribution < 1.29 is 14.3 Å². The molecule has 1 saturated carbocycles. The van der Waals surface area contributed by atoms with E-state index in [-0.39, 0.29) is 5.97 Å². The summed E-state index contributed by atoms with van der Waals surface area (Å²) in [6, 6.07) is 7.40. The molecule has 0 radical (unpaired) electrons. The van der Waals surface area contributed by atoms with Crippen LogP contribution < -0.4 is 4.74 Å². The summed E-state index contributed by atoms with van der Waals surface area (Å²) in [5.41, 5.74) is 0.606. The Morgan fingerprint density at radius 2 is 1.28 bits per heavy atom. The van der Waals surface area contributed by atoms with E-state index in [9.17, 15) is 4.79 Å². The Hall–Kier alpha value is -1.51. The molecule has 0 amide bonds. The lowest BCUT2D eigenvalue weighted by atomic mass is 9.78. The Balaban J connectivity index is 1.52. The van der Waals surface area contributed by atoms with Crippen LogP contribution >= 0.6 is 0 Å². The van der Waals surface area contributed by atoms with Gasteiger partial charge >= 0.3 is 5.97 Å². The topological polar surface area (TPSA) is 35.5 Å². The van der Waals surface area contributed by atoms with Crippen LogP contribution in [-0.4, -0.2) is 19.2 Å². The maximum absolute atomic E-state index is 12.1. The number of rotatable bonds is 17. The van der Waals surface area contributed by atoms with Crippen LogP contribution in [0.3, 0.4) is 0 Å². The van der Waals surface area contributed by atoms with Crippen LogP contribution in [0.4, 0.5) is 0 Å². The predicted molar refractivity (Wildman–Crippen MR) is 134 cm³/mol. The highest BCUT2D eigenvalue weighted by molar-refractivity contribution is 5.89. The minimum absolute atomic E-state index is 0.232. The van der Waals surface area contributed by atoms with Gasteiger partial charge in [0.2, 0.25) is 0 Å². The van der Waals surface area contributed by atoms with Gasteiger partial charge in [0.25, 0.3) is 0 Å². The quantitative estimate of drug-likeness (QED) is 0.178. The molecule has 32 heavy (non-hydrogen) atoms. The fourth-order valence-corrected chi connectivity index (χ4v) is 4.87. The van der Waals surface area contributed by atoms with Gasteiger partial charge in [-0.15, -0.1) is 0 Å². The minimum Gasteiger partial charge on any atom is -0.494 e. The Morgan fingerprint density at radius 1 is 0.719 bits per heavy atom. The van der Waals surface area contributed by atoms with E-state index in [4.69, 9.17) is 9.47 Å². The van der Waals surface area contributed by atoms with Gasteiger partial charge in [0, 0.05) is 0 Å². The summed E-state index contributed by atoms with van der Waals surface area (Å²) in [5, 5.41) is 0. The molecule has 3 nitrogen and oxygen atoms in total. The molecule has 1 aromatic rings. The first-order valence-corrected chi connectivity index (χ1v) is 13.6. The minimum atomic E-state index is -0.232. The molecule has 1 aliphatic carbocycles. The molecule has 0 heterocycles. The van der Waals surface area contributed by atoms with E-state index in [0.717, 1.165) is 43.5 Å². The molecule has 0 bridgehead atoms. The number of benzene rings is 1. The maximum Gasteiger partial charge on any atom is 0.338 e. The molecule has 0 atom stereocenters. The third kappa shape index (κ3) is 11.4. The van der Waals surface area contributed by atoms with E-state index < -0.39 is 0 Å². The van der Waals surface area contributed by atoms with E-state index in [1.54, 1.807) is 0 Å². The number of ether oxygens (including phenoxy) is 2. The number of hydrogen-bond donors (Lipinski definition) is 0. The summed E-state index contributed by atoms with van der Waals surface area (Å²) in [7, 11) is 0. The summed E-state index contributed by atoms with van der Waals surface area (Å²) < 4.78 is 11.3. The molecule has 3 heteroatoms. The first-order chi connectivity index (χ1) is 15.7. The van der Waals surface area contributed by atoms with Gasteiger partial charge in [-0.25, -0.2) is 4.79 Å². The Kier molecular flexibility index (Phi) is 14.2. The molecular formula is C29H48O3. The second-order valence-electron chi connectivity index (χ2n) is 9.80. The van der Waals surface area contributed by atoms with Crippen molar-refractivity contribution in [2.75, 3.05) is 13.2 Å². The number of hydrogen-bond acceptors (Lipinski definition) is 3. The second-order valence-corrected chi connectivity index (χ2v) is 9.80. The zero-order valence-electron chi connectivity index (χ0n) is 20.9. The molecule has 182 valence electrons. The molecule has 0 saturated heterocycles. The normalized spacial score (nSPS) is 18.4. The molecule has 0 unspecified atom stereocenters. The summed E-state index contributed by atoms with van der Waals surface area (Å²) in [4.78, 5) is 12.1. The Labute approximate surface area is 197 Å². The molecule has 1 aromatic carbocycles. The lowest BCUT2D eigenvalue weighted by molar-refractivity contribution is 0.0498. The van der Waals surface area contributed by atoms with Crippen LogP contribution in [-0.2, 0) is 4.74 Å². The average molecular weight is 445 g/mol. The van der Waals surface area contributed by atoms with Crippen molar-refractivity contribution in [2.24, 2.45) is 11.8 Å². The largest absolute Gasteiger partial charge is 0.494 e. The van der Waals surface area contributed by atoms with E-state index in [2.05, 4.69) is 13.8 Å². The molecule has 0 aromatic heterocycles. The van der Waals surface area contributed by atoms with Gasteiger partial charge in [0.05, 0.1) is 18.8 Å². The van der Waals surface area contributed by atoms with Crippen molar-refractivity contribution in [1.29, 1.82) is 0 Å². The van der Waals surface area contributed by atoms with Crippen LogP contribution in [0.2, 0.25) is 0 Å². The standard InChI is InChI=1S/C29H48O3/c1-3-5-7-9-10-13-25-15-17-26(18-16-25)14-12-24-31-28-21-19-27(20-22-28)29(30)32-23-11-8-6-4-2/h19-22,25-26H,3-18,23-24H2,1-2H3/t25-,26-. The summed E-state index contributed by atoms with van der Waals surface area (Å²) in [5.74, 6) is 2.50. The van der Waals surface area contributed by atoms with Crippen molar-refractivity contribution in [2.45, 2.75) is 117 Å². The molecule has 0 aliphatic heterocycles. The van der Waals surface area contributed by atoms with Crippen molar-refractivity contribution in [3.63, 3.8) is 0 Å². The van der Waals surface area contributed by atoms with Gasteiger partial charge < -0.3 is 9.47 Å².